The van der Waals surface area contributed by atoms with Crippen molar-refractivity contribution < 1.29 is 13.9 Å². The van der Waals surface area contributed by atoms with E-state index in [2.05, 4.69) is 30.4 Å². The molecule has 0 bridgehead atoms. The molecule has 2 aliphatic heterocycles. The summed E-state index contributed by atoms with van der Waals surface area (Å²) in [5.74, 6) is -0.333. The quantitative estimate of drug-likeness (QED) is 0.532. The Labute approximate surface area is 198 Å². The lowest BCUT2D eigenvalue weighted by Gasteiger charge is -2.46. The molecule has 2 aliphatic rings. The van der Waals surface area contributed by atoms with Gasteiger partial charge in [0.25, 0.3) is 5.95 Å². The van der Waals surface area contributed by atoms with Gasteiger partial charge in [-0.3, -0.25) is 9.69 Å². The molecular weight excluding hydrogens is 465 g/mol. The topological polar surface area (TPSA) is 126 Å². The molecule has 0 saturated carbocycles. The number of nitrogens with zero attached hydrogens (tertiary/aromatic N) is 9. The van der Waals surface area contributed by atoms with Gasteiger partial charge in [-0.15, -0.1) is 5.10 Å². The minimum atomic E-state index is -0.646. The lowest BCUT2D eigenvalue weighted by molar-refractivity contribution is -0.139. The van der Waals surface area contributed by atoms with Crippen molar-refractivity contribution in [2.75, 3.05) is 32.8 Å². The zero-order valence-corrected chi connectivity index (χ0v) is 18.6. The molecule has 2 aromatic heterocycles. The number of tetrazole rings is 1. The number of rotatable bonds is 4. The number of amides is 1. The first-order valence-corrected chi connectivity index (χ1v) is 11.0. The van der Waals surface area contributed by atoms with Crippen LogP contribution in [0.25, 0.3) is 5.95 Å². The van der Waals surface area contributed by atoms with Gasteiger partial charge < -0.3 is 9.64 Å². The van der Waals surface area contributed by atoms with Crippen LogP contribution in [0, 0.1) is 17.1 Å². The Hall–Kier alpha value is -3.53. The van der Waals surface area contributed by atoms with Crippen molar-refractivity contribution in [1.82, 2.24) is 40.0 Å². The van der Waals surface area contributed by atoms with Crippen LogP contribution in [0.2, 0.25) is 5.02 Å². The SMILES string of the molecule is N#Cc1c(F)ccc([C@H]2CN3CCN(C(=O)Cc4cnc(-n5cnnn5)nc4)C[C@H]3CO2)c1Cl. The summed E-state index contributed by atoms with van der Waals surface area (Å²) in [7, 11) is 0. The van der Waals surface area contributed by atoms with E-state index in [0.717, 1.165) is 0 Å². The smallest absolute Gasteiger partial charge is 0.253 e. The van der Waals surface area contributed by atoms with Crippen LogP contribution < -0.4 is 0 Å². The van der Waals surface area contributed by atoms with Crippen LogP contribution >= 0.6 is 11.6 Å². The summed E-state index contributed by atoms with van der Waals surface area (Å²) in [5, 5.41) is 20.1. The lowest BCUT2D eigenvalue weighted by atomic mass is 10.0. The number of piperazine rings is 1. The molecule has 0 N–H and O–H groups in total. The first-order valence-electron chi connectivity index (χ1n) is 10.6. The van der Waals surface area contributed by atoms with Crippen LogP contribution in [0.5, 0.6) is 0 Å². The predicted octanol–water partition coefficient (Wildman–Crippen LogP) is 0.943. The summed E-state index contributed by atoms with van der Waals surface area (Å²) in [6, 6.07) is 4.66. The van der Waals surface area contributed by atoms with Crippen LogP contribution in [0.15, 0.2) is 30.9 Å². The fourth-order valence-corrected chi connectivity index (χ4v) is 4.53. The Morgan fingerprint density at radius 3 is 2.82 bits per heavy atom. The number of halogens is 2. The van der Waals surface area contributed by atoms with Crippen molar-refractivity contribution in [1.29, 1.82) is 5.26 Å². The summed E-state index contributed by atoms with van der Waals surface area (Å²) in [6.07, 6.45) is 4.40. The largest absolute Gasteiger partial charge is 0.370 e. The second-order valence-electron chi connectivity index (χ2n) is 8.07. The van der Waals surface area contributed by atoms with Crippen molar-refractivity contribution in [2.24, 2.45) is 0 Å². The third kappa shape index (κ3) is 4.33. The molecule has 3 aromatic rings. The number of carbonyl (C=O) groups excluding carboxylic acids is 1. The van der Waals surface area contributed by atoms with E-state index in [-0.39, 0.29) is 35.1 Å². The molecule has 2 saturated heterocycles. The van der Waals surface area contributed by atoms with Crippen molar-refractivity contribution in [2.45, 2.75) is 18.6 Å². The maximum Gasteiger partial charge on any atom is 0.253 e. The fraction of sp³-hybridized carbons (Fsp3) is 0.381. The zero-order valence-electron chi connectivity index (χ0n) is 17.9. The maximum atomic E-state index is 13.8. The van der Waals surface area contributed by atoms with Gasteiger partial charge in [-0.25, -0.2) is 14.4 Å². The zero-order chi connectivity index (χ0) is 23.7. The summed E-state index contributed by atoms with van der Waals surface area (Å²) in [5.41, 5.74) is 1.13. The molecule has 34 heavy (non-hydrogen) atoms. The molecule has 4 heterocycles. The van der Waals surface area contributed by atoms with Gasteiger partial charge in [-0.1, -0.05) is 17.7 Å². The fourth-order valence-electron chi connectivity index (χ4n) is 4.22. The lowest BCUT2D eigenvalue weighted by Crippen LogP contribution is -2.59. The van der Waals surface area contributed by atoms with E-state index in [1.165, 1.54) is 17.1 Å². The van der Waals surface area contributed by atoms with E-state index < -0.39 is 5.82 Å². The number of hydrogen-bond donors (Lipinski definition) is 0. The first-order chi connectivity index (χ1) is 16.5. The average Bonchev–Trinajstić information content (AvgIpc) is 3.39. The standard InChI is InChI=1S/C21H19ClFN9O2/c22-20-15(1-2-17(23)16(20)6-24)18-10-30-3-4-31(9-14(30)11-34-18)19(33)5-13-7-25-21(26-8-13)32-12-27-28-29-32/h1-2,7-8,12,14,18H,3-5,9-11H2/t14-,18+/m0/s1. The summed E-state index contributed by atoms with van der Waals surface area (Å²) in [6.45, 7) is 2.74. The van der Waals surface area contributed by atoms with E-state index in [0.29, 0.717) is 49.9 Å². The molecule has 0 aliphatic carbocycles. The van der Waals surface area contributed by atoms with Gasteiger partial charge in [0, 0.05) is 44.1 Å². The molecule has 1 amide bonds. The maximum absolute atomic E-state index is 13.8. The summed E-state index contributed by atoms with van der Waals surface area (Å²) < 4.78 is 21.2. The third-order valence-electron chi connectivity index (χ3n) is 6.03. The van der Waals surface area contributed by atoms with Gasteiger partial charge in [0.15, 0.2) is 0 Å². The molecule has 0 unspecified atom stereocenters. The van der Waals surface area contributed by atoms with Gasteiger partial charge >= 0.3 is 0 Å². The second-order valence-corrected chi connectivity index (χ2v) is 8.45. The highest BCUT2D eigenvalue weighted by Gasteiger charge is 2.36. The highest BCUT2D eigenvalue weighted by atomic mass is 35.5. The van der Waals surface area contributed by atoms with Gasteiger partial charge in [-0.05, 0) is 22.1 Å². The Balaban J connectivity index is 1.19. The minimum absolute atomic E-state index is 0.0132. The normalized spacial score (nSPS) is 20.6. The third-order valence-corrected chi connectivity index (χ3v) is 6.44. The number of hydrogen-bond acceptors (Lipinski definition) is 9. The Morgan fingerprint density at radius 1 is 1.26 bits per heavy atom. The molecule has 174 valence electrons. The van der Waals surface area contributed by atoms with Gasteiger partial charge in [0.2, 0.25) is 5.91 Å². The van der Waals surface area contributed by atoms with Crippen LogP contribution in [0.3, 0.4) is 0 Å². The molecule has 5 rings (SSSR count). The monoisotopic (exact) mass is 483 g/mol. The molecule has 2 fully saturated rings. The number of carbonyl (C=O) groups is 1. The molecule has 11 nitrogen and oxygen atoms in total. The van der Waals surface area contributed by atoms with Crippen molar-refractivity contribution in [3.63, 3.8) is 0 Å². The number of nitriles is 1. The summed E-state index contributed by atoms with van der Waals surface area (Å²) >= 11 is 6.27. The van der Waals surface area contributed by atoms with E-state index in [1.54, 1.807) is 18.5 Å². The van der Waals surface area contributed by atoms with Crippen LogP contribution in [0.4, 0.5) is 4.39 Å². The van der Waals surface area contributed by atoms with Crippen LogP contribution in [0.1, 0.15) is 22.8 Å². The molecule has 0 radical (unpaired) electrons. The van der Waals surface area contributed by atoms with Crippen molar-refractivity contribution >= 4 is 17.5 Å². The first kappa shape index (κ1) is 22.3. The number of ether oxygens (including phenoxy) is 1. The summed E-state index contributed by atoms with van der Waals surface area (Å²) in [4.78, 5) is 25.3. The highest BCUT2D eigenvalue weighted by molar-refractivity contribution is 6.32. The van der Waals surface area contributed by atoms with E-state index in [1.807, 2.05) is 11.0 Å². The van der Waals surface area contributed by atoms with Crippen molar-refractivity contribution in [3.8, 4) is 12.0 Å². The second kappa shape index (κ2) is 9.38. The molecule has 0 spiro atoms. The Kier molecular flexibility index (Phi) is 6.14. The molecule has 2 atom stereocenters. The van der Waals surface area contributed by atoms with Crippen LogP contribution in [-0.4, -0.2) is 84.7 Å². The molecule has 1 aromatic carbocycles. The van der Waals surface area contributed by atoms with E-state index >= 15 is 0 Å². The predicted molar refractivity (Wildman–Crippen MR) is 115 cm³/mol. The van der Waals surface area contributed by atoms with Gasteiger partial charge in [0.1, 0.15) is 23.8 Å². The van der Waals surface area contributed by atoms with Gasteiger partial charge in [-0.2, -0.15) is 9.94 Å². The molecular formula is C21H19ClFN9O2. The minimum Gasteiger partial charge on any atom is -0.370 e. The van der Waals surface area contributed by atoms with Gasteiger partial charge in [0.05, 0.1) is 30.2 Å². The van der Waals surface area contributed by atoms with E-state index in [4.69, 9.17) is 16.3 Å². The Morgan fingerprint density at radius 2 is 2.09 bits per heavy atom. The average molecular weight is 484 g/mol. The number of benzene rings is 1. The molecule has 13 heteroatoms. The number of fused-ring (bicyclic) bond motifs is 1. The van der Waals surface area contributed by atoms with Crippen molar-refractivity contribution in [3.05, 3.63) is 58.4 Å². The van der Waals surface area contributed by atoms with E-state index in [9.17, 15) is 14.4 Å². The van der Waals surface area contributed by atoms with Crippen LogP contribution in [-0.2, 0) is 16.0 Å². The number of morpholine rings is 1. The number of aromatic nitrogens is 6. The Bertz CT molecular complexity index is 1230. The highest BCUT2D eigenvalue weighted by Crippen LogP contribution is 2.34.